The van der Waals surface area contributed by atoms with Gasteiger partial charge in [0.25, 0.3) is 0 Å². The molecule has 1 N–H and O–H groups in total. The smallest absolute Gasteiger partial charge is 0.314 e. The summed E-state index contributed by atoms with van der Waals surface area (Å²) in [4.78, 5) is 26.8. The van der Waals surface area contributed by atoms with Crippen LogP contribution in [-0.2, 0) is 15.0 Å². The van der Waals surface area contributed by atoms with Crippen molar-refractivity contribution in [3.63, 3.8) is 0 Å². The molecule has 154 valence electrons. The number of likely N-dealkylation sites (tertiary alicyclic amines) is 1. The van der Waals surface area contributed by atoms with E-state index in [-0.39, 0.29) is 11.8 Å². The number of rotatable bonds is 6. The largest absolute Gasteiger partial charge is 0.481 e. The third kappa shape index (κ3) is 4.52. The zero-order valence-electron chi connectivity index (χ0n) is 17.6. The average molecular weight is 394 g/mol. The topological polar surface area (TPSA) is 57.6 Å². The van der Waals surface area contributed by atoms with Gasteiger partial charge >= 0.3 is 5.97 Å². The first-order valence-electron chi connectivity index (χ1n) is 10.5. The Kier molecular flexibility index (Phi) is 6.41. The lowest BCUT2D eigenvalue weighted by atomic mass is 9.72. The lowest BCUT2D eigenvalue weighted by Crippen LogP contribution is -2.49. The Labute approximate surface area is 173 Å². The molecular formula is C25H31NO3. The first-order chi connectivity index (χ1) is 13.8. The highest BCUT2D eigenvalue weighted by molar-refractivity contribution is 5.83. The predicted molar refractivity (Wildman–Crippen MR) is 115 cm³/mol. The van der Waals surface area contributed by atoms with E-state index in [2.05, 4.69) is 45.0 Å². The summed E-state index contributed by atoms with van der Waals surface area (Å²) in [6, 6.07) is 17.9. The fourth-order valence-electron chi connectivity index (χ4n) is 4.24. The van der Waals surface area contributed by atoms with E-state index in [0.29, 0.717) is 38.3 Å². The minimum absolute atomic E-state index is 0.109. The van der Waals surface area contributed by atoms with Crippen molar-refractivity contribution in [1.29, 1.82) is 0 Å². The predicted octanol–water partition coefficient (Wildman–Crippen LogP) is 4.95. The molecule has 4 nitrogen and oxygen atoms in total. The second-order valence-electron chi connectivity index (χ2n) is 8.56. The Morgan fingerprint density at radius 1 is 0.931 bits per heavy atom. The number of piperidine rings is 1. The first-order valence-corrected chi connectivity index (χ1v) is 10.5. The average Bonchev–Trinajstić information content (AvgIpc) is 2.74. The van der Waals surface area contributed by atoms with Crippen LogP contribution in [0.3, 0.4) is 0 Å². The van der Waals surface area contributed by atoms with Crippen molar-refractivity contribution in [2.24, 2.45) is 0 Å². The standard InChI is InChI=1S/C25H31NO3/c1-18(2)20-9-11-21(12-10-20)19(3)17-23(27)26-15-13-25(14-16-26,24(28)29)22-7-5-4-6-8-22/h4-12,18-19H,13-17H2,1-3H3,(H,28,29). The molecule has 29 heavy (non-hydrogen) atoms. The molecule has 0 aliphatic carbocycles. The van der Waals surface area contributed by atoms with Gasteiger partial charge < -0.3 is 10.0 Å². The van der Waals surface area contributed by atoms with Crippen molar-refractivity contribution in [1.82, 2.24) is 4.90 Å². The van der Waals surface area contributed by atoms with Crippen LogP contribution in [0.1, 0.15) is 68.6 Å². The van der Waals surface area contributed by atoms with Gasteiger partial charge in [-0.05, 0) is 41.4 Å². The van der Waals surface area contributed by atoms with Crippen molar-refractivity contribution in [3.8, 4) is 0 Å². The van der Waals surface area contributed by atoms with Crippen LogP contribution in [0, 0.1) is 0 Å². The molecule has 2 aromatic rings. The van der Waals surface area contributed by atoms with Crippen molar-refractivity contribution < 1.29 is 14.7 Å². The minimum Gasteiger partial charge on any atom is -0.481 e. The maximum Gasteiger partial charge on any atom is 0.314 e. The number of hydrogen-bond acceptors (Lipinski definition) is 2. The van der Waals surface area contributed by atoms with Crippen LogP contribution in [-0.4, -0.2) is 35.0 Å². The lowest BCUT2D eigenvalue weighted by Gasteiger charge is -2.39. The number of benzene rings is 2. The molecule has 1 aliphatic rings. The quantitative estimate of drug-likeness (QED) is 0.755. The van der Waals surface area contributed by atoms with Crippen LogP contribution in [0.25, 0.3) is 0 Å². The molecule has 0 bridgehead atoms. The molecule has 1 unspecified atom stereocenters. The highest BCUT2D eigenvalue weighted by Gasteiger charge is 2.43. The van der Waals surface area contributed by atoms with Crippen LogP contribution >= 0.6 is 0 Å². The zero-order valence-corrected chi connectivity index (χ0v) is 17.6. The highest BCUT2D eigenvalue weighted by atomic mass is 16.4. The number of amides is 1. The van der Waals surface area contributed by atoms with E-state index in [9.17, 15) is 14.7 Å². The molecule has 0 aromatic heterocycles. The van der Waals surface area contributed by atoms with Gasteiger partial charge in [-0.3, -0.25) is 9.59 Å². The van der Waals surface area contributed by atoms with Crippen molar-refractivity contribution in [3.05, 3.63) is 71.3 Å². The van der Waals surface area contributed by atoms with Crippen LogP contribution in [0.4, 0.5) is 0 Å². The molecule has 1 heterocycles. The molecule has 0 spiro atoms. The molecule has 2 aromatic carbocycles. The molecule has 0 saturated carbocycles. The summed E-state index contributed by atoms with van der Waals surface area (Å²) in [6.45, 7) is 7.39. The SMILES string of the molecule is CC(C)c1ccc(C(C)CC(=O)N2CCC(C(=O)O)(c3ccccc3)CC2)cc1. The second kappa shape index (κ2) is 8.81. The number of carbonyl (C=O) groups is 2. The van der Waals surface area contributed by atoms with Crippen LogP contribution in [0.15, 0.2) is 54.6 Å². The second-order valence-corrected chi connectivity index (χ2v) is 8.56. The van der Waals surface area contributed by atoms with E-state index in [1.165, 1.54) is 11.1 Å². The fraction of sp³-hybridized carbons (Fsp3) is 0.440. The maximum absolute atomic E-state index is 12.9. The molecular weight excluding hydrogens is 362 g/mol. The molecule has 1 aliphatic heterocycles. The van der Waals surface area contributed by atoms with Crippen LogP contribution in [0.5, 0.6) is 0 Å². The van der Waals surface area contributed by atoms with E-state index in [0.717, 1.165) is 5.56 Å². The first kappa shape index (κ1) is 21.1. The van der Waals surface area contributed by atoms with Crippen molar-refractivity contribution in [2.45, 2.75) is 57.3 Å². The summed E-state index contributed by atoms with van der Waals surface area (Å²) < 4.78 is 0. The summed E-state index contributed by atoms with van der Waals surface area (Å²) in [6.07, 6.45) is 1.36. The Morgan fingerprint density at radius 2 is 1.48 bits per heavy atom. The van der Waals surface area contributed by atoms with E-state index in [1.54, 1.807) is 0 Å². The molecule has 1 saturated heterocycles. The highest BCUT2D eigenvalue weighted by Crippen LogP contribution is 2.36. The lowest BCUT2D eigenvalue weighted by molar-refractivity contribution is -0.148. The maximum atomic E-state index is 12.9. The molecule has 4 heteroatoms. The molecule has 1 fully saturated rings. The van der Waals surface area contributed by atoms with Gasteiger partial charge in [0.1, 0.15) is 0 Å². The number of carboxylic acid groups (broad SMARTS) is 1. The summed E-state index contributed by atoms with van der Waals surface area (Å²) >= 11 is 0. The summed E-state index contributed by atoms with van der Waals surface area (Å²) in [5.41, 5.74) is 2.41. The van der Waals surface area contributed by atoms with E-state index >= 15 is 0 Å². The molecule has 3 rings (SSSR count). The van der Waals surface area contributed by atoms with Gasteiger partial charge in [0.15, 0.2) is 0 Å². The van der Waals surface area contributed by atoms with Gasteiger partial charge in [-0.15, -0.1) is 0 Å². The molecule has 1 amide bonds. The normalized spacial score (nSPS) is 17.2. The number of carbonyl (C=O) groups excluding carboxylic acids is 1. The van der Waals surface area contributed by atoms with Crippen LogP contribution in [0.2, 0.25) is 0 Å². The van der Waals surface area contributed by atoms with Gasteiger partial charge in [-0.1, -0.05) is 75.4 Å². The number of aliphatic carboxylic acids is 1. The van der Waals surface area contributed by atoms with Gasteiger partial charge in [0.2, 0.25) is 5.91 Å². The number of carboxylic acids is 1. The fourth-order valence-corrected chi connectivity index (χ4v) is 4.24. The molecule has 0 radical (unpaired) electrons. The summed E-state index contributed by atoms with van der Waals surface area (Å²) in [5.74, 6) is -0.0515. The van der Waals surface area contributed by atoms with Crippen LogP contribution < -0.4 is 0 Å². The Morgan fingerprint density at radius 3 is 2.00 bits per heavy atom. The Balaban J connectivity index is 1.63. The number of hydrogen-bond donors (Lipinski definition) is 1. The van der Waals surface area contributed by atoms with Crippen molar-refractivity contribution >= 4 is 11.9 Å². The minimum atomic E-state index is -0.893. The summed E-state index contributed by atoms with van der Waals surface area (Å²) in [5, 5.41) is 9.92. The van der Waals surface area contributed by atoms with Gasteiger partial charge in [-0.2, -0.15) is 0 Å². The Bertz CT molecular complexity index is 834. The van der Waals surface area contributed by atoms with Gasteiger partial charge in [0.05, 0.1) is 5.41 Å². The zero-order chi connectivity index (χ0) is 21.0. The third-order valence-corrected chi connectivity index (χ3v) is 6.36. The third-order valence-electron chi connectivity index (χ3n) is 6.36. The molecule has 1 atom stereocenters. The Hall–Kier alpha value is -2.62. The van der Waals surface area contributed by atoms with Gasteiger partial charge in [0, 0.05) is 19.5 Å². The van der Waals surface area contributed by atoms with E-state index in [4.69, 9.17) is 0 Å². The van der Waals surface area contributed by atoms with Crippen molar-refractivity contribution in [2.75, 3.05) is 13.1 Å². The number of nitrogens with zero attached hydrogens (tertiary/aromatic N) is 1. The van der Waals surface area contributed by atoms with Gasteiger partial charge in [-0.25, -0.2) is 0 Å². The summed E-state index contributed by atoms with van der Waals surface area (Å²) in [7, 11) is 0. The van der Waals surface area contributed by atoms with E-state index in [1.807, 2.05) is 35.2 Å². The van der Waals surface area contributed by atoms with E-state index < -0.39 is 11.4 Å². The monoisotopic (exact) mass is 393 g/mol.